The summed E-state index contributed by atoms with van der Waals surface area (Å²) in [5.41, 5.74) is 0.161. The minimum Gasteiger partial charge on any atom is -0.368 e. The summed E-state index contributed by atoms with van der Waals surface area (Å²) in [6.07, 6.45) is -0.263. The van der Waals surface area contributed by atoms with E-state index >= 15 is 0 Å². The molecule has 1 atom stereocenters. The summed E-state index contributed by atoms with van der Waals surface area (Å²) in [7, 11) is -8.06. The molecule has 0 saturated heterocycles. The van der Waals surface area contributed by atoms with Crippen LogP contribution in [0.4, 0.5) is 5.69 Å². The summed E-state index contributed by atoms with van der Waals surface area (Å²) in [5.74, 6) is 0. The highest BCUT2D eigenvalue weighted by Gasteiger charge is 2.31. The SMILES string of the molecule is N#CCCC1Nc2cc(Cl)c(S(N)(=O)=O)cc2S(=O)(=O)N1. The average Bonchev–Trinajstić information content (AvgIpc) is 2.33. The first-order chi connectivity index (χ1) is 9.65. The predicted molar refractivity (Wildman–Crippen MR) is 75.4 cm³/mol. The number of benzene rings is 1. The lowest BCUT2D eigenvalue weighted by atomic mass is 10.2. The number of hydrogen-bond donors (Lipinski definition) is 3. The first-order valence-electron chi connectivity index (χ1n) is 5.67. The monoisotopic (exact) mass is 350 g/mol. The third-order valence-electron chi connectivity index (χ3n) is 2.80. The van der Waals surface area contributed by atoms with Gasteiger partial charge in [-0.05, 0) is 18.6 Å². The van der Waals surface area contributed by atoms with Gasteiger partial charge < -0.3 is 5.32 Å². The maximum absolute atomic E-state index is 12.1. The number of sulfonamides is 2. The zero-order valence-electron chi connectivity index (χ0n) is 10.5. The van der Waals surface area contributed by atoms with Crippen molar-refractivity contribution in [3.8, 4) is 6.07 Å². The minimum atomic E-state index is -4.14. The molecule has 0 amide bonds. The second kappa shape index (κ2) is 5.43. The van der Waals surface area contributed by atoms with Crippen molar-refractivity contribution < 1.29 is 16.8 Å². The number of fused-ring (bicyclic) bond motifs is 1. The molecule has 11 heteroatoms. The summed E-state index contributed by atoms with van der Waals surface area (Å²) >= 11 is 5.82. The Morgan fingerprint density at radius 2 is 2.10 bits per heavy atom. The van der Waals surface area contributed by atoms with Crippen LogP contribution in [0.5, 0.6) is 0 Å². The number of nitrogens with one attached hydrogen (secondary N) is 2. The molecular formula is C10H11ClN4O4S2. The minimum absolute atomic E-state index is 0.151. The number of rotatable bonds is 3. The van der Waals surface area contributed by atoms with Gasteiger partial charge in [0.15, 0.2) is 0 Å². The molecule has 114 valence electrons. The van der Waals surface area contributed by atoms with Crippen LogP contribution in [0.25, 0.3) is 0 Å². The van der Waals surface area contributed by atoms with Crippen LogP contribution >= 0.6 is 11.6 Å². The molecular weight excluding hydrogens is 340 g/mol. The summed E-state index contributed by atoms with van der Waals surface area (Å²) in [6, 6.07) is 4.00. The fourth-order valence-corrected chi connectivity index (χ4v) is 4.43. The zero-order chi connectivity index (χ0) is 15.8. The molecule has 0 fully saturated rings. The van der Waals surface area contributed by atoms with Gasteiger partial charge in [-0.3, -0.25) is 0 Å². The number of nitrogens with zero attached hydrogens (tertiary/aromatic N) is 1. The van der Waals surface area contributed by atoms with Crippen molar-refractivity contribution in [2.45, 2.75) is 28.8 Å². The summed E-state index contributed by atoms with van der Waals surface area (Å²) < 4.78 is 49.3. The fraction of sp³-hybridized carbons (Fsp3) is 0.300. The standard InChI is InChI=1S/C10H11ClN4O4S2/c11-6-4-7-9(5-8(6)20(13,16)17)21(18,19)15-10(14-7)2-1-3-12/h4-5,10,14-15H,1-2H2,(H2,13,16,17). The van der Waals surface area contributed by atoms with Crippen molar-refractivity contribution in [1.82, 2.24) is 4.72 Å². The molecule has 1 aromatic rings. The lowest BCUT2D eigenvalue weighted by Crippen LogP contribution is -2.44. The summed E-state index contributed by atoms with van der Waals surface area (Å²) in [5, 5.41) is 16.2. The average molecular weight is 351 g/mol. The Bertz CT molecular complexity index is 829. The molecule has 1 aliphatic heterocycles. The maximum atomic E-state index is 12.1. The van der Waals surface area contributed by atoms with Gasteiger partial charge in [0.05, 0.1) is 22.9 Å². The maximum Gasteiger partial charge on any atom is 0.244 e. The number of halogens is 1. The Morgan fingerprint density at radius 1 is 1.43 bits per heavy atom. The molecule has 21 heavy (non-hydrogen) atoms. The Kier molecular flexibility index (Phi) is 4.14. The largest absolute Gasteiger partial charge is 0.368 e. The predicted octanol–water partition coefficient (Wildman–Crippen LogP) is 0.321. The molecule has 0 saturated carbocycles. The van der Waals surface area contributed by atoms with Crippen LogP contribution in [0.1, 0.15) is 12.8 Å². The number of anilines is 1. The summed E-state index contributed by atoms with van der Waals surface area (Å²) in [6.45, 7) is 0. The van der Waals surface area contributed by atoms with E-state index in [0.29, 0.717) is 0 Å². The molecule has 1 aliphatic rings. The highest BCUT2D eigenvalue weighted by Crippen LogP contribution is 2.33. The Morgan fingerprint density at radius 3 is 2.67 bits per heavy atom. The van der Waals surface area contributed by atoms with E-state index in [1.54, 1.807) is 0 Å². The second-order valence-electron chi connectivity index (χ2n) is 4.34. The van der Waals surface area contributed by atoms with Gasteiger partial charge in [0.2, 0.25) is 20.0 Å². The van der Waals surface area contributed by atoms with Gasteiger partial charge in [0, 0.05) is 6.42 Å². The van der Waals surface area contributed by atoms with Crippen molar-refractivity contribution in [3.63, 3.8) is 0 Å². The van der Waals surface area contributed by atoms with Crippen LogP contribution < -0.4 is 15.2 Å². The molecule has 4 N–H and O–H groups in total. The van der Waals surface area contributed by atoms with Crippen LogP contribution in [-0.4, -0.2) is 23.0 Å². The molecule has 0 aliphatic carbocycles. The van der Waals surface area contributed by atoms with Gasteiger partial charge in [-0.1, -0.05) is 11.6 Å². The normalized spacial score (nSPS) is 20.1. The van der Waals surface area contributed by atoms with Gasteiger partial charge in [0.1, 0.15) is 9.79 Å². The third-order valence-corrected chi connectivity index (χ3v) is 5.69. The van der Waals surface area contributed by atoms with Crippen molar-refractivity contribution in [1.29, 1.82) is 5.26 Å². The topological polar surface area (TPSA) is 142 Å². The van der Waals surface area contributed by atoms with Crippen LogP contribution in [0.2, 0.25) is 5.02 Å². The first-order valence-corrected chi connectivity index (χ1v) is 9.08. The van der Waals surface area contributed by atoms with E-state index in [1.165, 1.54) is 6.07 Å². The summed E-state index contributed by atoms with van der Waals surface area (Å²) in [4.78, 5) is -0.727. The van der Waals surface area contributed by atoms with Gasteiger partial charge >= 0.3 is 0 Å². The number of nitriles is 1. The van der Waals surface area contributed by atoms with Gasteiger partial charge in [-0.25, -0.2) is 22.0 Å². The van der Waals surface area contributed by atoms with E-state index < -0.39 is 31.1 Å². The molecule has 0 spiro atoms. The van der Waals surface area contributed by atoms with Crippen molar-refractivity contribution in [2.75, 3.05) is 5.32 Å². The second-order valence-corrected chi connectivity index (χ2v) is 7.96. The molecule has 0 radical (unpaired) electrons. The lowest BCUT2D eigenvalue weighted by molar-refractivity contribution is 0.545. The molecule has 0 aromatic heterocycles. The Labute approximate surface area is 127 Å². The highest BCUT2D eigenvalue weighted by molar-refractivity contribution is 7.90. The number of hydrogen-bond acceptors (Lipinski definition) is 6. The molecule has 2 rings (SSSR count). The lowest BCUT2D eigenvalue weighted by Gasteiger charge is -2.28. The number of primary sulfonamides is 1. The van der Waals surface area contributed by atoms with E-state index in [4.69, 9.17) is 22.0 Å². The fourth-order valence-electron chi connectivity index (χ4n) is 1.90. The van der Waals surface area contributed by atoms with Crippen molar-refractivity contribution in [2.24, 2.45) is 5.14 Å². The molecule has 8 nitrogen and oxygen atoms in total. The molecule has 1 unspecified atom stereocenters. The Balaban J connectivity index is 2.54. The molecule has 1 heterocycles. The van der Waals surface area contributed by atoms with Gasteiger partial charge in [-0.2, -0.15) is 9.98 Å². The van der Waals surface area contributed by atoms with Crippen LogP contribution in [0, 0.1) is 11.3 Å². The third kappa shape index (κ3) is 3.28. The zero-order valence-corrected chi connectivity index (χ0v) is 12.9. The number of nitrogens with two attached hydrogens (primary N) is 1. The van der Waals surface area contributed by atoms with Crippen molar-refractivity contribution >= 4 is 37.3 Å². The van der Waals surface area contributed by atoms with Crippen LogP contribution in [0.15, 0.2) is 21.9 Å². The van der Waals surface area contributed by atoms with Gasteiger partial charge in [-0.15, -0.1) is 0 Å². The van der Waals surface area contributed by atoms with Crippen molar-refractivity contribution in [3.05, 3.63) is 17.2 Å². The highest BCUT2D eigenvalue weighted by atomic mass is 35.5. The quantitative estimate of drug-likeness (QED) is 0.716. The first kappa shape index (κ1) is 16.0. The van der Waals surface area contributed by atoms with Crippen LogP contribution in [0.3, 0.4) is 0 Å². The molecule has 1 aromatic carbocycles. The smallest absolute Gasteiger partial charge is 0.244 e. The van der Waals surface area contributed by atoms with Crippen LogP contribution in [-0.2, 0) is 20.0 Å². The van der Waals surface area contributed by atoms with E-state index in [2.05, 4.69) is 10.0 Å². The van der Waals surface area contributed by atoms with E-state index in [9.17, 15) is 16.8 Å². The van der Waals surface area contributed by atoms with E-state index in [0.717, 1.165) is 6.07 Å². The van der Waals surface area contributed by atoms with E-state index in [1.807, 2.05) is 6.07 Å². The van der Waals surface area contributed by atoms with E-state index in [-0.39, 0.29) is 28.4 Å². The molecule has 0 bridgehead atoms. The van der Waals surface area contributed by atoms with Gasteiger partial charge in [0.25, 0.3) is 0 Å². The Hall–Kier alpha value is -1.38.